The lowest BCUT2D eigenvalue weighted by Gasteiger charge is -2.03. The number of hydrogen-bond acceptors (Lipinski definition) is 4. The van der Waals surface area contributed by atoms with Crippen LogP contribution in [0.4, 0.5) is 0 Å². The first-order valence-corrected chi connectivity index (χ1v) is 6.13. The molecule has 2 aromatic rings. The second kappa shape index (κ2) is 5.09. The standard InChI is InChI=1S/C12H12N2OS/c1-16-12-13-7-6-11(14-12)10-4-2-9(8-15)3-5-10/h2-7,15H,8H2,1H3. The molecule has 0 aliphatic carbocycles. The second-order valence-corrected chi connectivity index (χ2v) is 4.06. The highest BCUT2D eigenvalue weighted by molar-refractivity contribution is 7.98. The molecule has 0 aliphatic heterocycles. The van der Waals surface area contributed by atoms with E-state index in [0.29, 0.717) is 0 Å². The zero-order valence-electron chi connectivity index (χ0n) is 8.92. The highest BCUT2D eigenvalue weighted by atomic mass is 32.2. The molecule has 0 saturated heterocycles. The summed E-state index contributed by atoms with van der Waals surface area (Å²) in [5, 5.41) is 9.72. The van der Waals surface area contributed by atoms with Gasteiger partial charge in [-0.1, -0.05) is 36.0 Å². The Kier molecular flexibility index (Phi) is 3.54. The zero-order chi connectivity index (χ0) is 11.4. The quantitative estimate of drug-likeness (QED) is 0.652. The van der Waals surface area contributed by atoms with Crippen LogP contribution >= 0.6 is 11.8 Å². The molecule has 16 heavy (non-hydrogen) atoms. The molecule has 0 aliphatic rings. The van der Waals surface area contributed by atoms with Gasteiger partial charge in [0, 0.05) is 11.8 Å². The van der Waals surface area contributed by atoms with Crippen molar-refractivity contribution in [2.75, 3.05) is 6.26 Å². The summed E-state index contributed by atoms with van der Waals surface area (Å²) in [7, 11) is 0. The van der Waals surface area contributed by atoms with Gasteiger partial charge in [0.05, 0.1) is 12.3 Å². The third-order valence-corrected chi connectivity index (χ3v) is 2.81. The van der Waals surface area contributed by atoms with Gasteiger partial charge in [0.2, 0.25) is 0 Å². The molecule has 2 rings (SSSR count). The van der Waals surface area contributed by atoms with E-state index in [2.05, 4.69) is 9.97 Å². The van der Waals surface area contributed by atoms with Crippen LogP contribution in [0.1, 0.15) is 5.56 Å². The Bertz CT molecular complexity index is 471. The predicted molar refractivity (Wildman–Crippen MR) is 65.2 cm³/mol. The molecular formula is C12H12N2OS. The van der Waals surface area contributed by atoms with E-state index in [1.807, 2.05) is 36.6 Å². The van der Waals surface area contributed by atoms with Crippen molar-refractivity contribution < 1.29 is 5.11 Å². The number of aliphatic hydroxyl groups excluding tert-OH is 1. The molecule has 1 heterocycles. The van der Waals surface area contributed by atoms with E-state index in [1.165, 1.54) is 11.8 Å². The van der Waals surface area contributed by atoms with Crippen LogP contribution < -0.4 is 0 Å². The van der Waals surface area contributed by atoms with Gasteiger partial charge in [0.15, 0.2) is 5.16 Å². The summed E-state index contributed by atoms with van der Waals surface area (Å²) in [6.07, 6.45) is 3.71. The van der Waals surface area contributed by atoms with Crippen molar-refractivity contribution in [2.45, 2.75) is 11.8 Å². The number of benzene rings is 1. The Morgan fingerprint density at radius 1 is 1.19 bits per heavy atom. The molecule has 0 unspecified atom stereocenters. The van der Waals surface area contributed by atoms with E-state index in [1.54, 1.807) is 6.20 Å². The normalized spacial score (nSPS) is 10.4. The first kappa shape index (κ1) is 11.1. The number of aliphatic hydroxyl groups is 1. The lowest BCUT2D eigenvalue weighted by atomic mass is 10.1. The molecule has 3 nitrogen and oxygen atoms in total. The first-order chi connectivity index (χ1) is 7.83. The molecule has 0 amide bonds. The van der Waals surface area contributed by atoms with Gasteiger partial charge in [0.1, 0.15) is 0 Å². The maximum atomic E-state index is 8.95. The topological polar surface area (TPSA) is 46.0 Å². The summed E-state index contributed by atoms with van der Waals surface area (Å²) in [6, 6.07) is 9.59. The van der Waals surface area contributed by atoms with Crippen molar-refractivity contribution in [1.82, 2.24) is 9.97 Å². The summed E-state index contributed by atoms with van der Waals surface area (Å²) in [5.74, 6) is 0. The molecule has 0 spiro atoms. The molecule has 1 aromatic heterocycles. The molecular weight excluding hydrogens is 220 g/mol. The molecule has 0 atom stereocenters. The summed E-state index contributed by atoms with van der Waals surface area (Å²) in [6.45, 7) is 0.0696. The largest absolute Gasteiger partial charge is 0.392 e. The fourth-order valence-electron chi connectivity index (χ4n) is 1.38. The monoisotopic (exact) mass is 232 g/mol. The number of nitrogens with zero attached hydrogens (tertiary/aromatic N) is 2. The number of rotatable bonds is 3. The first-order valence-electron chi connectivity index (χ1n) is 4.90. The predicted octanol–water partition coefficient (Wildman–Crippen LogP) is 2.36. The van der Waals surface area contributed by atoms with Gasteiger partial charge in [-0.25, -0.2) is 9.97 Å². The van der Waals surface area contributed by atoms with Gasteiger partial charge in [-0.2, -0.15) is 0 Å². The highest BCUT2D eigenvalue weighted by Gasteiger charge is 2.01. The summed E-state index contributed by atoms with van der Waals surface area (Å²) < 4.78 is 0. The van der Waals surface area contributed by atoms with E-state index in [4.69, 9.17) is 5.11 Å². The Labute approximate surface area is 98.6 Å². The lowest BCUT2D eigenvalue weighted by molar-refractivity contribution is 0.282. The van der Waals surface area contributed by atoms with Crippen LogP contribution in [0.25, 0.3) is 11.3 Å². The lowest BCUT2D eigenvalue weighted by Crippen LogP contribution is -1.89. The minimum absolute atomic E-state index is 0.0696. The van der Waals surface area contributed by atoms with Crippen LogP contribution in [-0.4, -0.2) is 21.3 Å². The minimum Gasteiger partial charge on any atom is -0.392 e. The van der Waals surface area contributed by atoms with Crippen molar-refractivity contribution in [2.24, 2.45) is 0 Å². The number of hydrogen-bond donors (Lipinski definition) is 1. The summed E-state index contributed by atoms with van der Waals surface area (Å²) >= 11 is 1.52. The Balaban J connectivity index is 2.34. The summed E-state index contributed by atoms with van der Waals surface area (Å²) in [5.41, 5.74) is 2.85. The van der Waals surface area contributed by atoms with Gasteiger partial charge in [-0.3, -0.25) is 0 Å². The van der Waals surface area contributed by atoms with Gasteiger partial charge in [-0.15, -0.1) is 0 Å². The van der Waals surface area contributed by atoms with Gasteiger partial charge in [-0.05, 0) is 17.9 Å². The van der Waals surface area contributed by atoms with Crippen molar-refractivity contribution >= 4 is 11.8 Å². The smallest absolute Gasteiger partial charge is 0.187 e. The maximum absolute atomic E-state index is 8.95. The third-order valence-electron chi connectivity index (χ3n) is 2.25. The Morgan fingerprint density at radius 2 is 1.94 bits per heavy atom. The Morgan fingerprint density at radius 3 is 2.56 bits per heavy atom. The summed E-state index contributed by atoms with van der Waals surface area (Å²) in [4.78, 5) is 8.54. The van der Waals surface area contributed by atoms with Crippen LogP contribution in [0, 0.1) is 0 Å². The fourth-order valence-corrected chi connectivity index (χ4v) is 1.74. The van der Waals surface area contributed by atoms with Crippen LogP contribution in [0.3, 0.4) is 0 Å². The van der Waals surface area contributed by atoms with Crippen LogP contribution in [0.5, 0.6) is 0 Å². The van der Waals surface area contributed by atoms with Crippen molar-refractivity contribution in [3.05, 3.63) is 42.1 Å². The molecule has 0 bridgehead atoms. The van der Waals surface area contributed by atoms with Crippen LogP contribution in [0.15, 0.2) is 41.7 Å². The minimum atomic E-state index is 0.0696. The molecule has 4 heteroatoms. The Hall–Kier alpha value is -1.39. The van der Waals surface area contributed by atoms with Gasteiger partial charge < -0.3 is 5.11 Å². The van der Waals surface area contributed by atoms with E-state index >= 15 is 0 Å². The van der Waals surface area contributed by atoms with Crippen molar-refractivity contribution in [3.8, 4) is 11.3 Å². The fraction of sp³-hybridized carbons (Fsp3) is 0.167. The number of thioether (sulfide) groups is 1. The molecule has 0 radical (unpaired) electrons. The second-order valence-electron chi connectivity index (χ2n) is 3.28. The van der Waals surface area contributed by atoms with Crippen LogP contribution in [0.2, 0.25) is 0 Å². The third kappa shape index (κ3) is 2.40. The van der Waals surface area contributed by atoms with Crippen LogP contribution in [-0.2, 0) is 6.61 Å². The highest BCUT2D eigenvalue weighted by Crippen LogP contribution is 2.19. The molecule has 82 valence electrons. The zero-order valence-corrected chi connectivity index (χ0v) is 9.74. The molecule has 1 aromatic carbocycles. The SMILES string of the molecule is CSc1nccc(-c2ccc(CO)cc2)n1. The van der Waals surface area contributed by atoms with E-state index in [9.17, 15) is 0 Å². The maximum Gasteiger partial charge on any atom is 0.187 e. The van der Waals surface area contributed by atoms with Crippen molar-refractivity contribution in [1.29, 1.82) is 0 Å². The average Bonchev–Trinajstić information content (AvgIpc) is 2.39. The molecule has 0 saturated carbocycles. The van der Waals surface area contributed by atoms with Gasteiger partial charge in [0.25, 0.3) is 0 Å². The van der Waals surface area contributed by atoms with E-state index < -0.39 is 0 Å². The molecule has 1 N–H and O–H groups in total. The van der Waals surface area contributed by atoms with Gasteiger partial charge >= 0.3 is 0 Å². The average molecular weight is 232 g/mol. The van der Waals surface area contributed by atoms with Crippen molar-refractivity contribution in [3.63, 3.8) is 0 Å². The number of aromatic nitrogens is 2. The van der Waals surface area contributed by atoms with E-state index in [0.717, 1.165) is 22.0 Å². The van der Waals surface area contributed by atoms with E-state index in [-0.39, 0.29) is 6.61 Å². The molecule has 0 fully saturated rings.